The third-order valence-corrected chi connectivity index (χ3v) is 5.30. The Morgan fingerprint density at radius 1 is 1.09 bits per heavy atom. The first-order valence-electron chi connectivity index (χ1n) is 11.3. The normalized spacial score (nSPS) is 11.8. The number of esters is 1. The topological polar surface area (TPSA) is 130 Å². The fourth-order valence-corrected chi connectivity index (χ4v) is 3.47. The molecule has 0 amide bonds. The Hall–Kier alpha value is -4.08. The van der Waals surface area contributed by atoms with Crippen LogP contribution in [0, 0.1) is 12.8 Å². The average Bonchev–Trinajstić information content (AvgIpc) is 2.81. The lowest BCUT2D eigenvalue weighted by Crippen LogP contribution is -2.44. The summed E-state index contributed by atoms with van der Waals surface area (Å²) in [6, 6.07) is 12.7. The van der Waals surface area contributed by atoms with Gasteiger partial charge in [-0.25, -0.2) is 14.2 Å². The smallest absolute Gasteiger partial charge is 0.354 e. The molecule has 0 unspecified atom stereocenters. The molecule has 0 aliphatic heterocycles. The molecule has 1 aromatic heterocycles. The summed E-state index contributed by atoms with van der Waals surface area (Å²) in [5.74, 6) is -0.642. The standard InChI is InChI=1S/C25H31N5O5/c1-15(2)35-21-11-10-19(12-20(21)26)27-23-28-24(32)30(13-17(4)22(31)34-5)25(33)29(23)14-18-8-6-16(3)7-9-18/h6-12,15,17H,13-14,26H2,1-5H3,(H,27,28,32)/t17-/m0/s1. The van der Waals surface area contributed by atoms with Crippen molar-refractivity contribution in [2.24, 2.45) is 5.92 Å². The Morgan fingerprint density at radius 2 is 1.77 bits per heavy atom. The zero-order valence-electron chi connectivity index (χ0n) is 20.6. The van der Waals surface area contributed by atoms with Crippen molar-refractivity contribution in [3.63, 3.8) is 0 Å². The van der Waals surface area contributed by atoms with Crippen molar-refractivity contribution in [2.45, 2.75) is 46.9 Å². The number of aryl methyl sites for hydroxylation is 1. The van der Waals surface area contributed by atoms with Gasteiger partial charge in [0.25, 0.3) is 0 Å². The summed E-state index contributed by atoms with van der Waals surface area (Å²) in [7, 11) is 1.26. The average molecular weight is 482 g/mol. The lowest BCUT2D eigenvalue weighted by molar-refractivity contribution is -0.145. The quantitative estimate of drug-likeness (QED) is 0.352. The van der Waals surface area contributed by atoms with Crippen molar-refractivity contribution < 1.29 is 14.3 Å². The maximum Gasteiger partial charge on any atom is 0.354 e. The maximum atomic E-state index is 13.4. The third kappa shape index (κ3) is 6.28. The molecule has 35 heavy (non-hydrogen) atoms. The van der Waals surface area contributed by atoms with E-state index in [1.54, 1.807) is 25.1 Å². The predicted octanol–water partition coefficient (Wildman–Crippen LogP) is 2.68. The molecule has 0 spiro atoms. The molecule has 0 aliphatic carbocycles. The number of nitrogens with two attached hydrogens (primary N) is 1. The Balaban J connectivity index is 2.04. The van der Waals surface area contributed by atoms with Gasteiger partial charge < -0.3 is 20.5 Å². The van der Waals surface area contributed by atoms with Gasteiger partial charge in [-0.3, -0.25) is 9.36 Å². The molecule has 3 rings (SSSR count). The fraction of sp³-hybridized carbons (Fsp3) is 0.360. The number of carbonyl (C=O) groups is 1. The van der Waals surface area contributed by atoms with Crippen molar-refractivity contribution >= 4 is 23.3 Å². The maximum absolute atomic E-state index is 13.4. The summed E-state index contributed by atoms with van der Waals surface area (Å²) in [6.45, 7) is 7.35. The molecule has 1 heterocycles. The van der Waals surface area contributed by atoms with Crippen molar-refractivity contribution in [2.75, 3.05) is 18.2 Å². The molecule has 2 aromatic carbocycles. The van der Waals surface area contributed by atoms with Gasteiger partial charge in [0.05, 0.1) is 31.4 Å². The second kappa shape index (κ2) is 10.9. The molecule has 10 nitrogen and oxygen atoms in total. The van der Waals surface area contributed by atoms with Crippen LogP contribution in [0.25, 0.3) is 0 Å². The number of nitrogens with one attached hydrogen (secondary N) is 1. The van der Waals surface area contributed by atoms with Gasteiger partial charge >= 0.3 is 17.3 Å². The summed E-state index contributed by atoms with van der Waals surface area (Å²) in [5.41, 5.74) is 7.59. The van der Waals surface area contributed by atoms with Gasteiger partial charge in [-0.05, 0) is 44.5 Å². The molecule has 0 saturated heterocycles. The second-order valence-corrected chi connectivity index (χ2v) is 8.65. The molecule has 0 aliphatic rings. The Morgan fingerprint density at radius 3 is 2.37 bits per heavy atom. The number of anilines is 3. The molecule has 0 bridgehead atoms. The zero-order chi connectivity index (χ0) is 25.7. The number of methoxy groups -OCH3 is 1. The van der Waals surface area contributed by atoms with E-state index < -0.39 is 23.3 Å². The van der Waals surface area contributed by atoms with E-state index in [9.17, 15) is 14.4 Å². The molecule has 186 valence electrons. The van der Waals surface area contributed by atoms with E-state index in [0.29, 0.717) is 17.1 Å². The third-order valence-electron chi connectivity index (χ3n) is 5.30. The number of benzene rings is 2. The molecule has 0 saturated carbocycles. The first-order chi connectivity index (χ1) is 16.6. The lowest BCUT2D eigenvalue weighted by Gasteiger charge is -2.18. The van der Waals surface area contributed by atoms with Gasteiger partial charge in [0.1, 0.15) is 5.75 Å². The van der Waals surface area contributed by atoms with E-state index in [0.717, 1.165) is 15.7 Å². The van der Waals surface area contributed by atoms with Crippen molar-refractivity contribution in [1.29, 1.82) is 0 Å². The number of ether oxygens (including phenoxy) is 2. The lowest BCUT2D eigenvalue weighted by atomic mass is 10.1. The molecular weight excluding hydrogens is 450 g/mol. The first-order valence-corrected chi connectivity index (χ1v) is 11.3. The van der Waals surface area contributed by atoms with Crippen LogP contribution in [0.3, 0.4) is 0 Å². The van der Waals surface area contributed by atoms with Crippen LogP contribution < -0.4 is 27.2 Å². The minimum atomic E-state index is -0.777. The van der Waals surface area contributed by atoms with Crippen molar-refractivity contribution in [3.05, 3.63) is 74.6 Å². The van der Waals surface area contributed by atoms with E-state index in [1.807, 2.05) is 45.0 Å². The highest BCUT2D eigenvalue weighted by Crippen LogP contribution is 2.27. The van der Waals surface area contributed by atoms with Crippen LogP contribution in [0.5, 0.6) is 5.75 Å². The minimum absolute atomic E-state index is 0.0440. The number of carbonyl (C=O) groups excluding carboxylic acids is 1. The van der Waals surface area contributed by atoms with Gasteiger partial charge in [0.2, 0.25) is 5.95 Å². The number of hydrogen-bond donors (Lipinski definition) is 2. The fourth-order valence-electron chi connectivity index (χ4n) is 3.47. The van der Waals surface area contributed by atoms with Crippen LogP contribution >= 0.6 is 0 Å². The Labute approximate surface area is 203 Å². The highest BCUT2D eigenvalue weighted by atomic mass is 16.5. The number of hydrogen-bond acceptors (Lipinski definition) is 8. The molecule has 3 aromatic rings. The molecule has 0 fully saturated rings. The molecule has 10 heteroatoms. The largest absolute Gasteiger partial charge is 0.489 e. The predicted molar refractivity (Wildman–Crippen MR) is 134 cm³/mol. The van der Waals surface area contributed by atoms with Crippen LogP contribution in [0.1, 0.15) is 31.9 Å². The van der Waals surface area contributed by atoms with E-state index >= 15 is 0 Å². The van der Waals surface area contributed by atoms with Crippen LogP contribution in [0.4, 0.5) is 17.3 Å². The molecular formula is C25H31N5O5. The molecule has 3 N–H and O–H groups in total. The summed E-state index contributed by atoms with van der Waals surface area (Å²) in [5, 5.41) is 3.03. The number of nitrogens with zero attached hydrogens (tertiary/aromatic N) is 3. The summed E-state index contributed by atoms with van der Waals surface area (Å²) >= 11 is 0. The highest BCUT2D eigenvalue weighted by Gasteiger charge is 2.20. The van der Waals surface area contributed by atoms with E-state index in [4.69, 9.17) is 15.2 Å². The number of rotatable bonds is 9. The van der Waals surface area contributed by atoms with Crippen LogP contribution in [-0.2, 0) is 22.6 Å². The Bertz CT molecular complexity index is 1310. The van der Waals surface area contributed by atoms with Gasteiger partial charge in [-0.1, -0.05) is 36.8 Å². The molecule has 1 atom stereocenters. The molecule has 0 radical (unpaired) electrons. The zero-order valence-corrected chi connectivity index (χ0v) is 20.6. The minimum Gasteiger partial charge on any atom is -0.489 e. The SMILES string of the molecule is COC(=O)[C@@H](C)Cn1c(=O)nc(Nc2ccc(OC(C)C)c(N)c2)n(Cc2ccc(C)cc2)c1=O. The van der Waals surface area contributed by atoms with Gasteiger partial charge in [-0.15, -0.1) is 0 Å². The van der Waals surface area contributed by atoms with Crippen molar-refractivity contribution in [1.82, 2.24) is 14.1 Å². The monoisotopic (exact) mass is 481 g/mol. The van der Waals surface area contributed by atoms with Crippen molar-refractivity contribution in [3.8, 4) is 5.75 Å². The van der Waals surface area contributed by atoms with Gasteiger partial charge in [0.15, 0.2) is 0 Å². The number of nitrogen functional groups attached to an aromatic ring is 1. The van der Waals surface area contributed by atoms with E-state index in [-0.39, 0.29) is 25.1 Å². The number of aromatic nitrogens is 3. The Kier molecular flexibility index (Phi) is 7.95. The highest BCUT2D eigenvalue weighted by molar-refractivity contribution is 5.71. The summed E-state index contributed by atoms with van der Waals surface area (Å²) < 4.78 is 12.7. The summed E-state index contributed by atoms with van der Waals surface area (Å²) in [4.78, 5) is 42.2. The van der Waals surface area contributed by atoms with E-state index in [1.165, 1.54) is 11.7 Å². The van der Waals surface area contributed by atoms with Crippen LogP contribution in [0.2, 0.25) is 0 Å². The van der Waals surface area contributed by atoms with E-state index in [2.05, 4.69) is 10.3 Å². The van der Waals surface area contributed by atoms with Gasteiger partial charge in [-0.2, -0.15) is 4.98 Å². The second-order valence-electron chi connectivity index (χ2n) is 8.65. The van der Waals surface area contributed by atoms with Crippen LogP contribution in [0.15, 0.2) is 52.1 Å². The van der Waals surface area contributed by atoms with Gasteiger partial charge in [0, 0.05) is 12.2 Å². The first kappa shape index (κ1) is 25.5. The van der Waals surface area contributed by atoms with Crippen LogP contribution in [-0.4, -0.2) is 33.3 Å². The summed E-state index contributed by atoms with van der Waals surface area (Å²) in [6.07, 6.45) is -0.0440.